The first-order valence-electron chi connectivity index (χ1n) is 10.5. The number of amides is 1. The summed E-state index contributed by atoms with van der Waals surface area (Å²) in [6.07, 6.45) is 6.54. The second-order valence-electron chi connectivity index (χ2n) is 6.97. The van der Waals surface area contributed by atoms with Crippen molar-refractivity contribution < 1.29 is 13.2 Å². The zero-order chi connectivity index (χ0) is 22.7. The Morgan fingerprint density at radius 3 is 2.55 bits per heavy atom. The molecule has 0 spiro atoms. The third-order valence-electron chi connectivity index (χ3n) is 4.52. The molecule has 10 heteroatoms. The fraction of sp³-hybridized carbons (Fsp3) is 0.476. The van der Waals surface area contributed by atoms with Crippen LogP contribution in [0.25, 0.3) is 0 Å². The van der Waals surface area contributed by atoms with Crippen LogP contribution in [0.3, 0.4) is 0 Å². The Morgan fingerprint density at radius 2 is 1.90 bits per heavy atom. The predicted molar refractivity (Wildman–Crippen MR) is 125 cm³/mol. The van der Waals surface area contributed by atoms with Crippen molar-refractivity contribution in [2.75, 3.05) is 17.6 Å². The predicted octanol–water partition coefficient (Wildman–Crippen LogP) is 3.62. The van der Waals surface area contributed by atoms with Crippen molar-refractivity contribution in [2.45, 2.75) is 62.5 Å². The molecule has 1 aromatic carbocycles. The van der Waals surface area contributed by atoms with Gasteiger partial charge in [0.05, 0.1) is 10.6 Å². The number of unbranched alkanes of at least 4 members (excludes halogenated alkanes) is 3. The number of rotatable bonds is 14. The first-order chi connectivity index (χ1) is 14.9. The van der Waals surface area contributed by atoms with Gasteiger partial charge in [0, 0.05) is 25.2 Å². The van der Waals surface area contributed by atoms with Gasteiger partial charge in [0.1, 0.15) is 5.82 Å². The highest BCUT2D eigenvalue weighted by Gasteiger charge is 2.15. The van der Waals surface area contributed by atoms with E-state index in [1.54, 1.807) is 18.2 Å². The molecule has 2 aromatic rings. The van der Waals surface area contributed by atoms with Gasteiger partial charge in [0.2, 0.25) is 15.9 Å². The molecule has 0 aliphatic heterocycles. The highest BCUT2D eigenvalue weighted by molar-refractivity contribution is 7.99. The van der Waals surface area contributed by atoms with E-state index in [1.165, 1.54) is 23.9 Å². The van der Waals surface area contributed by atoms with Crippen LogP contribution in [-0.2, 0) is 27.8 Å². The number of hydrogen-bond donors (Lipinski definition) is 2. The second-order valence-corrected chi connectivity index (χ2v) is 9.68. The Kier molecular flexibility index (Phi) is 10.2. The Hall–Kier alpha value is -2.17. The average Bonchev–Trinajstić information content (AvgIpc) is 3.14. The van der Waals surface area contributed by atoms with E-state index in [2.05, 4.69) is 33.7 Å². The van der Waals surface area contributed by atoms with Crippen molar-refractivity contribution >= 4 is 33.4 Å². The van der Waals surface area contributed by atoms with E-state index in [-0.39, 0.29) is 16.6 Å². The lowest BCUT2D eigenvalue weighted by Gasteiger charge is -2.09. The molecule has 8 nitrogen and oxygen atoms in total. The average molecular weight is 466 g/mol. The fourth-order valence-corrected chi connectivity index (χ4v) is 4.73. The van der Waals surface area contributed by atoms with Gasteiger partial charge in [-0.05, 0) is 30.7 Å². The summed E-state index contributed by atoms with van der Waals surface area (Å²) in [5.74, 6) is 0.803. The summed E-state index contributed by atoms with van der Waals surface area (Å²) >= 11 is 1.30. The largest absolute Gasteiger partial charge is 0.325 e. The Morgan fingerprint density at radius 1 is 1.16 bits per heavy atom. The quantitative estimate of drug-likeness (QED) is 0.251. The molecule has 0 atom stereocenters. The summed E-state index contributed by atoms with van der Waals surface area (Å²) in [4.78, 5) is 12.5. The lowest BCUT2D eigenvalue weighted by atomic mass is 10.2. The Bertz CT molecular complexity index is 956. The van der Waals surface area contributed by atoms with Crippen LogP contribution in [0, 0.1) is 0 Å². The number of benzene rings is 1. The minimum absolute atomic E-state index is 0.165. The van der Waals surface area contributed by atoms with E-state index < -0.39 is 10.0 Å². The summed E-state index contributed by atoms with van der Waals surface area (Å²) in [5.41, 5.74) is 0.536. The summed E-state index contributed by atoms with van der Waals surface area (Å²) in [6, 6.07) is 6.16. The van der Waals surface area contributed by atoms with Crippen LogP contribution in [0.2, 0.25) is 0 Å². The number of aryl methyl sites for hydroxylation is 1. The van der Waals surface area contributed by atoms with E-state index >= 15 is 0 Å². The number of aromatic nitrogens is 3. The maximum Gasteiger partial charge on any atom is 0.240 e. The van der Waals surface area contributed by atoms with E-state index in [4.69, 9.17) is 0 Å². The zero-order valence-corrected chi connectivity index (χ0v) is 19.8. The van der Waals surface area contributed by atoms with Crippen molar-refractivity contribution in [3.63, 3.8) is 0 Å². The third kappa shape index (κ3) is 7.79. The number of thioether (sulfide) groups is 1. The third-order valence-corrected chi connectivity index (χ3v) is 6.97. The number of anilines is 1. The molecule has 31 heavy (non-hydrogen) atoms. The van der Waals surface area contributed by atoms with Crippen LogP contribution in [0.5, 0.6) is 0 Å². The Labute approximate surface area is 189 Å². The van der Waals surface area contributed by atoms with E-state index in [0.29, 0.717) is 23.9 Å². The molecule has 1 amide bonds. The summed E-state index contributed by atoms with van der Waals surface area (Å²) in [6.45, 7) is 8.86. The van der Waals surface area contributed by atoms with Crippen molar-refractivity contribution in [2.24, 2.45) is 0 Å². The van der Waals surface area contributed by atoms with Crippen molar-refractivity contribution in [1.82, 2.24) is 19.5 Å². The SMILES string of the molecule is C=CCn1c(CC)nnc1SCC(=O)Nc1ccc(S(=O)(=O)NCCCCCC)cc1. The normalized spacial score (nSPS) is 11.4. The monoisotopic (exact) mass is 465 g/mol. The lowest BCUT2D eigenvalue weighted by Crippen LogP contribution is -2.24. The maximum absolute atomic E-state index is 12.3. The van der Waals surface area contributed by atoms with Gasteiger partial charge in [-0.3, -0.25) is 4.79 Å². The molecule has 0 aliphatic rings. The van der Waals surface area contributed by atoms with Crippen LogP contribution in [0.4, 0.5) is 5.69 Å². The standard InChI is InChI=1S/C21H31N5O3S2/c1-4-7-8-9-14-22-31(28,29)18-12-10-17(11-13-18)23-20(27)16-30-21-25-24-19(6-3)26(21)15-5-2/h5,10-13,22H,2,4,6-9,14-16H2,1,3H3,(H,23,27). The minimum Gasteiger partial charge on any atom is -0.325 e. The minimum atomic E-state index is -3.54. The van der Waals surface area contributed by atoms with E-state index in [0.717, 1.165) is 37.9 Å². The van der Waals surface area contributed by atoms with Gasteiger partial charge >= 0.3 is 0 Å². The van der Waals surface area contributed by atoms with Crippen LogP contribution in [0.1, 0.15) is 45.4 Å². The van der Waals surface area contributed by atoms with Crippen molar-refractivity contribution in [1.29, 1.82) is 0 Å². The van der Waals surface area contributed by atoms with Crippen LogP contribution < -0.4 is 10.0 Å². The molecule has 0 radical (unpaired) electrons. The number of carbonyl (C=O) groups excluding carboxylic acids is 1. The fourth-order valence-electron chi connectivity index (χ4n) is 2.89. The van der Waals surface area contributed by atoms with Crippen LogP contribution in [0.15, 0.2) is 47.0 Å². The van der Waals surface area contributed by atoms with Crippen LogP contribution in [-0.4, -0.2) is 41.4 Å². The van der Waals surface area contributed by atoms with Gasteiger partial charge in [-0.1, -0.05) is 50.9 Å². The number of sulfonamides is 1. The smallest absolute Gasteiger partial charge is 0.240 e. The van der Waals surface area contributed by atoms with Gasteiger partial charge in [0.25, 0.3) is 0 Å². The molecule has 0 aliphatic carbocycles. The second kappa shape index (κ2) is 12.6. The maximum atomic E-state index is 12.3. The summed E-state index contributed by atoms with van der Waals surface area (Å²) in [7, 11) is -3.54. The number of allylic oxidation sites excluding steroid dienone is 1. The van der Waals surface area contributed by atoms with Crippen molar-refractivity contribution in [3.8, 4) is 0 Å². The van der Waals surface area contributed by atoms with Gasteiger partial charge < -0.3 is 9.88 Å². The summed E-state index contributed by atoms with van der Waals surface area (Å²) in [5, 5.41) is 11.7. The number of hydrogen-bond acceptors (Lipinski definition) is 6. The topological polar surface area (TPSA) is 106 Å². The highest BCUT2D eigenvalue weighted by Crippen LogP contribution is 2.19. The first-order valence-corrected chi connectivity index (χ1v) is 12.9. The summed E-state index contributed by atoms with van der Waals surface area (Å²) < 4.78 is 29.2. The molecule has 2 rings (SSSR count). The number of carbonyl (C=O) groups is 1. The molecular weight excluding hydrogens is 434 g/mol. The van der Waals surface area contributed by atoms with Crippen molar-refractivity contribution in [3.05, 3.63) is 42.7 Å². The molecule has 0 bridgehead atoms. The molecule has 170 valence electrons. The number of nitrogens with one attached hydrogen (secondary N) is 2. The molecule has 0 fully saturated rings. The molecule has 1 aromatic heterocycles. The molecule has 0 saturated carbocycles. The molecule has 2 N–H and O–H groups in total. The molecule has 1 heterocycles. The number of nitrogens with zero attached hydrogens (tertiary/aromatic N) is 3. The zero-order valence-electron chi connectivity index (χ0n) is 18.1. The van der Waals surface area contributed by atoms with Gasteiger partial charge in [-0.15, -0.1) is 16.8 Å². The highest BCUT2D eigenvalue weighted by atomic mass is 32.2. The van der Waals surface area contributed by atoms with E-state index in [9.17, 15) is 13.2 Å². The molecular formula is C21H31N5O3S2. The van der Waals surface area contributed by atoms with Crippen LogP contribution >= 0.6 is 11.8 Å². The first kappa shape index (κ1) is 25.1. The lowest BCUT2D eigenvalue weighted by molar-refractivity contribution is -0.113. The van der Waals surface area contributed by atoms with Gasteiger partial charge in [-0.25, -0.2) is 13.1 Å². The van der Waals surface area contributed by atoms with Gasteiger partial charge in [-0.2, -0.15) is 0 Å². The van der Waals surface area contributed by atoms with E-state index in [1.807, 2.05) is 11.5 Å². The van der Waals surface area contributed by atoms with Gasteiger partial charge in [0.15, 0.2) is 5.16 Å². The molecule has 0 unspecified atom stereocenters. The Balaban J connectivity index is 1.88. The molecule has 0 saturated heterocycles.